The summed E-state index contributed by atoms with van der Waals surface area (Å²) in [5, 5.41) is 5.44. The smallest absolute Gasteiger partial charge is 0.0702 e. The van der Waals surface area contributed by atoms with Crippen molar-refractivity contribution in [3.8, 4) is 0 Å². The Labute approximate surface area is 111 Å². The Hall–Kier alpha value is -2.20. The van der Waals surface area contributed by atoms with Crippen LogP contribution in [0.3, 0.4) is 0 Å². The zero-order valence-corrected chi connectivity index (χ0v) is 11.0. The zero-order chi connectivity index (χ0) is 13.4. The average molecular weight is 252 g/mol. The van der Waals surface area contributed by atoms with Crippen LogP contribution in [0.2, 0.25) is 0 Å². The SMILES string of the molecule is Cc1nn(C)cc1C(N)c1cnc2ccccc2c1. The van der Waals surface area contributed by atoms with E-state index in [1.807, 2.05) is 44.6 Å². The Balaban J connectivity index is 2.06. The number of fused-ring (bicyclic) bond motifs is 1. The number of pyridine rings is 1. The molecular weight excluding hydrogens is 236 g/mol. The molecule has 1 unspecified atom stereocenters. The van der Waals surface area contributed by atoms with Gasteiger partial charge in [-0.25, -0.2) is 0 Å². The van der Waals surface area contributed by atoms with Gasteiger partial charge in [0.25, 0.3) is 0 Å². The summed E-state index contributed by atoms with van der Waals surface area (Å²) in [6.45, 7) is 1.98. The van der Waals surface area contributed by atoms with E-state index >= 15 is 0 Å². The molecule has 2 N–H and O–H groups in total. The fourth-order valence-corrected chi connectivity index (χ4v) is 2.36. The molecular formula is C15H16N4. The molecule has 0 saturated heterocycles. The van der Waals surface area contributed by atoms with E-state index in [1.54, 1.807) is 4.68 Å². The van der Waals surface area contributed by atoms with E-state index in [0.717, 1.165) is 27.7 Å². The molecule has 0 saturated carbocycles. The van der Waals surface area contributed by atoms with Crippen molar-refractivity contribution in [3.63, 3.8) is 0 Å². The van der Waals surface area contributed by atoms with Crippen LogP contribution in [-0.4, -0.2) is 14.8 Å². The molecule has 1 atom stereocenters. The molecule has 19 heavy (non-hydrogen) atoms. The van der Waals surface area contributed by atoms with E-state index in [1.165, 1.54) is 0 Å². The molecule has 2 aromatic heterocycles. The molecule has 0 aliphatic rings. The molecule has 0 fully saturated rings. The van der Waals surface area contributed by atoms with Gasteiger partial charge in [-0.05, 0) is 24.6 Å². The van der Waals surface area contributed by atoms with Crippen LogP contribution in [0.5, 0.6) is 0 Å². The van der Waals surface area contributed by atoms with Gasteiger partial charge in [-0.3, -0.25) is 9.67 Å². The minimum atomic E-state index is -0.189. The van der Waals surface area contributed by atoms with Crippen LogP contribution in [-0.2, 0) is 7.05 Å². The van der Waals surface area contributed by atoms with Crippen LogP contribution in [0.25, 0.3) is 10.9 Å². The van der Waals surface area contributed by atoms with Gasteiger partial charge in [-0.15, -0.1) is 0 Å². The van der Waals surface area contributed by atoms with Crippen molar-refractivity contribution in [2.75, 3.05) is 0 Å². The number of nitrogens with two attached hydrogens (primary N) is 1. The Morgan fingerprint density at radius 3 is 2.79 bits per heavy atom. The van der Waals surface area contributed by atoms with E-state index in [-0.39, 0.29) is 6.04 Å². The standard InChI is InChI=1S/C15H16N4/c1-10-13(9-19(2)18-10)15(16)12-7-11-5-3-4-6-14(11)17-8-12/h3-9,15H,16H2,1-2H3. The number of benzene rings is 1. The number of aromatic nitrogens is 3. The van der Waals surface area contributed by atoms with Crippen molar-refractivity contribution < 1.29 is 0 Å². The third-order valence-corrected chi connectivity index (χ3v) is 3.36. The van der Waals surface area contributed by atoms with Crippen molar-refractivity contribution in [1.82, 2.24) is 14.8 Å². The largest absolute Gasteiger partial charge is 0.320 e. The first-order valence-corrected chi connectivity index (χ1v) is 6.25. The molecule has 3 rings (SSSR count). The van der Waals surface area contributed by atoms with Crippen LogP contribution >= 0.6 is 0 Å². The summed E-state index contributed by atoms with van der Waals surface area (Å²) in [6, 6.07) is 9.95. The summed E-state index contributed by atoms with van der Waals surface area (Å²) in [7, 11) is 1.90. The maximum Gasteiger partial charge on any atom is 0.0702 e. The maximum atomic E-state index is 6.33. The lowest BCUT2D eigenvalue weighted by molar-refractivity contribution is 0.756. The van der Waals surface area contributed by atoms with Gasteiger partial charge >= 0.3 is 0 Å². The molecule has 0 radical (unpaired) electrons. The topological polar surface area (TPSA) is 56.7 Å². The van der Waals surface area contributed by atoms with Crippen LogP contribution in [0.1, 0.15) is 22.9 Å². The predicted octanol–water partition coefficient (Wildman–Crippen LogP) is 2.32. The van der Waals surface area contributed by atoms with Gasteiger partial charge in [-0.1, -0.05) is 18.2 Å². The molecule has 0 amide bonds. The Morgan fingerprint density at radius 1 is 1.26 bits per heavy atom. The van der Waals surface area contributed by atoms with E-state index in [0.29, 0.717) is 0 Å². The van der Waals surface area contributed by atoms with Crippen molar-refractivity contribution in [1.29, 1.82) is 0 Å². The van der Waals surface area contributed by atoms with Crippen molar-refractivity contribution in [3.05, 3.63) is 59.5 Å². The maximum absolute atomic E-state index is 6.33. The molecule has 0 aliphatic heterocycles. The van der Waals surface area contributed by atoms with Crippen LogP contribution in [0.4, 0.5) is 0 Å². The van der Waals surface area contributed by atoms with E-state index in [9.17, 15) is 0 Å². The van der Waals surface area contributed by atoms with Crippen molar-refractivity contribution >= 4 is 10.9 Å². The van der Waals surface area contributed by atoms with Crippen molar-refractivity contribution in [2.45, 2.75) is 13.0 Å². The Morgan fingerprint density at radius 2 is 2.05 bits per heavy atom. The third kappa shape index (κ3) is 2.11. The van der Waals surface area contributed by atoms with Crippen LogP contribution in [0.15, 0.2) is 42.7 Å². The molecule has 0 aliphatic carbocycles. The summed E-state index contributed by atoms with van der Waals surface area (Å²) >= 11 is 0. The summed E-state index contributed by atoms with van der Waals surface area (Å²) in [4.78, 5) is 4.46. The average Bonchev–Trinajstić information content (AvgIpc) is 2.76. The van der Waals surface area contributed by atoms with E-state index in [4.69, 9.17) is 5.73 Å². The number of nitrogens with zero attached hydrogens (tertiary/aromatic N) is 3. The summed E-state index contributed by atoms with van der Waals surface area (Å²) < 4.78 is 1.79. The van der Waals surface area contributed by atoms with Crippen molar-refractivity contribution in [2.24, 2.45) is 12.8 Å². The van der Waals surface area contributed by atoms with Gasteiger partial charge < -0.3 is 5.73 Å². The molecule has 3 aromatic rings. The van der Waals surface area contributed by atoms with Gasteiger partial charge in [0, 0.05) is 30.4 Å². The first-order valence-electron chi connectivity index (χ1n) is 6.25. The van der Waals surface area contributed by atoms with Gasteiger partial charge in [0.05, 0.1) is 17.3 Å². The summed E-state index contributed by atoms with van der Waals surface area (Å²) in [6.07, 6.45) is 3.81. The number of rotatable bonds is 2. The fraction of sp³-hybridized carbons (Fsp3) is 0.200. The summed E-state index contributed by atoms with van der Waals surface area (Å²) in [5.74, 6) is 0. The second kappa shape index (κ2) is 4.48. The highest BCUT2D eigenvalue weighted by Gasteiger charge is 2.15. The minimum absolute atomic E-state index is 0.189. The molecule has 0 spiro atoms. The van der Waals surface area contributed by atoms with Crippen LogP contribution < -0.4 is 5.73 Å². The third-order valence-electron chi connectivity index (χ3n) is 3.36. The minimum Gasteiger partial charge on any atom is -0.320 e. The van der Waals surface area contributed by atoms with Gasteiger partial charge in [-0.2, -0.15) is 5.10 Å². The van der Waals surface area contributed by atoms with E-state index in [2.05, 4.69) is 22.2 Å². The molecule has 4 heteroatoms. The quantitative estimate of drug-likeness (QED) is 0.761. The second-order valence-electron chi connectivity index (χ2n) is 4.78. The lowest BCUT2D eigenvalue weighted by atomic mass is 10.0. The Bertz CT molecular complexity index is 730. The molecule has 0 bridgehead atoms. The lowest BCUT2D eigenvalue weighted by Gasteiger charge is -2.11. The number of hydrogen-bond acceptors (Lipinski definition) is 3. The summed E-state index contributed by atoms with van der Waals surface area (Å²) in [5.41, 5.74) is 10.3. The lowest BCUT2D eigenvalue weighted by Crippen LogP contribution is -2.12. The highest BCUT2D eigenvalue weighted by atomic mass is 15.2. The second-order valence-corrected chi connectivity index (χ2v) is 4.78. The Kier molecular flexibility index (Phi) is 2.80. The molecule has 2 heterocycles. The van der Waals surface area contributed by atoms with Gasteiger partial charge in [0.1, 0.15) is 0 Å². The first kappa shape index (κ1) is 11.9. The van der Waals surface area contributed by atoms with E-state index < -0.39 is 0 Å². The predicted molar refractivity (Wildman–Crippen MR) is 75.7 cm³/mol. The zero-order valence-electron chi connectivity index (χ0n) is 11.0. The number of para-hydroxylation sites is 1. The number of hydrogen-bond donors (Lipinski definition) is 1. The number of aryl methyl sites for hydroxylation is 2. The molecule has 1 aromatic carbocycles. The van der Waals surface area contributed by atoms with Gasteiger partial charge in [0.15, 0.2) is 0 Å². The van der Waals surface area contributed by atoms with Gasteiger partial charge in [0.2, 0.25) is 0 Å². The highest BCUT2D eigenvalue weighted by Crippen LogP contribution is 2.23. The van der Waals surface area contributed by atoms with Crippen LogP contribution in [0, 0.1) is 6.92 Å². The normalized spacial score (nSPS) is 12.8. The molecule has 96 valence electrons. The highest BCUT2D eigenvalue weighted by molar-refractivity contribution is 5.78. The monoisotopic (exact) mass is 252 g/mol. The first-order chi connectivity index (χ1) is 9.15. The fourth-order valence-electron chi connectivity index (χ4n) is 2.36. The molecule has 4 nitrogen and oxygen atoms in total.